The first-order valence-electron chi connectivity index (χ1n) is 13.1. The number of hydrazone groups is 1. The van der Waals surface area contributed by atoms with Crippen molar-refractivity contribution in [2.45, 2.75) is 44.0 Å². The average Bonchev–Trinajstić information content (AvgIpc) is 3.27. The third-order valence-electron chi connectivity index (χ3n) is 6.86. The van der Waals surface area contributed by atoms with Crippen molar-refractivity contribution in [3.05, 3.63) is 114 Å². The van der Waals surface area contributed by atoms with Gasteiger partial charge in [-0.15, -0.1) is 0 Å². The quantitative estimate of drug-likeness (QED) is 0.150. The maximum atomic E-state index is 12.8. The summed E-state index contributed by atoms with van der Waals surface area (Å²) in [5, 5.41) is 25.5. The van der Waals surface area contributed by atoms with Crippen molar-refractivity contribution in [3.63, 3.8) is 0 Å². The van der Waals surface area contributed by atoms with Gasteiger partial charge in [-0.3, -0.25) is 9.78 Å². The van der Waals surface area contributed by atoms with Crippen molar-refractivity contribution >= 4 is 18.1 Å². The topological polar surface area (TPSA) is 121 Å². The lowest BCUT2D eigenvalue weighted by Crippen LogP contribution is -2.25. The van der Waals surface area contributed by atoms with Crippen molar-refractivity contribution < 1.29 is 24.5 Å². The van der Waals surface area contributed by atoms with E-state index in [1.807, 2.05) is 42.5 Å². The first kappa shape index (κ1) is 27.9. The molecule has 0 aliphatic heterocycles. The van der Waals surface area contributed by atoms with Gasteiger partial charge in [-0.05, 0) is 55.0 Å². The van der Waals surface area contributed by atoms with Crippen LogP contribution in [0.25, 0.3) is 0 Å². The lowest BCUT2D eigenvalue weighted by Gasteiger charge is -2.22. The average molecular weight is 528 g/mol. The van der Waals surface area contributed by atoms with E-state index in [9.17, 15) is 19.8 Å². The number of hydrogen-bond donors (Lipinski definition) is 3. The van der Waals surface area contributed by atoms with E-state index in [4.69, 9.17) is 4.74 Å². The number of nitrogens with zero attached hydrogens (tertiary/aromatic N) is 2. The second kappa shape index (κ2) is 14.1. The molecule has 1 saturated carbocycles. The molecule has 5 atom stereocenters. The first-order chi connectivity index (χ1) is 19.0. The summed E-state index contributed by atoms with van der Waals surface area (Å²) in [5.41, 5.74) is 4.48. The van der Waals surface area contributed by atoms with Gasteiger partial charge >= 0.3 is 5.97 Å². The Bertz CT molecular complexity index is 1250. The van der Waals surface area contributed by atoms with E-state index in [-0.39, 0.29) is 24.2 Å². The number of benzene rings is 2. The molecule has 0 spiro atoms. The summed E-state index contributed by atoms with van der Waals surface area (Å²) < 4.78 is 5.82. The standard InChI is InChI=1S/C31H33N3O5/c35-25(12-11-22-7-3-1-4-8-22)13-14-27-26(17-20-33-34-30(37)23-15-18-32-19-16-23)28(36)21-29(27)39-31(38)24-9-5-2-6-10-24/h1-10,13-16,18-20,25-29,35-36H,11-12,17,21H2,(H,34,37)/b14-13+,33-20+/t25-,26+,27+,28-,29+/m0/s1. The number of pyridine rings is 1. The monoisotopic (exact) mass is 527 g/mol. The van der Waals surface area contributed by atoms with Crippen LogP contribution in [0.1, 0.15) is 45.5 Å². The summed E-state index contributed by atoms with van der Waals surface area (Å²) in [6.45, 7) is 0. The predicted octanol–water partition coefficient (Wildman–Crippen LogP) is 3.96. The molecule has 1 heterocycles. The van der Waals surface area contributed by atoms with Crippen LogP contribution in [0.2, 0.25) is 0 Å². The van der Waals surface area contributed by atoms with E-state index in [1.165, 1.54) is 12.4 Å². The van der Waals surface area contributed by atoms with Gasteiger partial charge in [0.1, 0.15) is 6.10 Å². The first-order valence-corrected chi connectivity index (χ1v) is 13.1. The van der Waals surface area contributed by atoms with Gasteiger partial charge in [-0.1, -0.05) is 60.7 Å². The molecule has 1 amide bonds. The highest BCUT2D eigenvalue weighted by Crippen LogP contribution is 2.38. The van der Waals surface area contributed by atoms with E-state index >= 15 is 0 Å². The number of nitrogens with one attached hydrogen (secondary N) is 1. The highest BCUT2D eigenvalue weighted by atomic mass is 16.5. The molecule has 8 heteroatoms. The lowest BCUT2D eigenvalue weighted by molar-refractivity contribution is 0.0223. The fraction of sp³-hybridized carbons (Fsp3) is 0.290. The third kappa shape index (κ3) is 8.17. The molecule has 3 aromatic rings. The van der Waals surface area contributed by atoms with Gasteiger partial charge in [-0.2, -0.15) is 5.10 Å². The van der Waals surface area contributed by atoms with E-state index in [0.29, 0.717) is 24.0 Å². The lowest BCUT2D eigenvalue weighted by atomic mass is 9.90. The molecule has 1 fully saturated rings. The van der Waals surface area contributed by atoms with Crippen molar-refractivity contribution in [2.24, 2.45) is 16.9 Å². The van der Waals surface area contributed by atoms with Crippen molar-refractivity contribution in [3.8, 4) is 0 Å². The van der Waals surface area contributed by atoms with Crippen LogP contribution in [0.4, 0.5) is 0 Å². The summed E-state index contributed by atoms with van der Waals surface area (Å²) in [6, 6.07) is 21.8. The molecule has 0 saturated heterocycles. The summed E-state index contributed by atoms with van der Waals surface area (Å²) in [6.07, 6.45) is 7.98. The molecule has 2 aromatic carbocycles. The molecular formula is C31H33N3O5. The second-order valence-electron chi connectivity index (χ2n) is 9.55. The number of rotatable bonds is 11. The molecule has 4 rings (SSSR count). The van der Waals surface area contributed by atoms with Crippen LogP contribution in [0.5, 0.6) is 0 Å². The van der Waals surface area contributed by atoms with Crippen LogP contribution in [-0.2, 0) is 11.2 Å². The predicted molar refractivity (Wildman–Crippen MR) is 148 cm³/mol. The zero-order valence-electron chi connectivity index (χ0n) is 21.5. The molecular weight excluding hydrogens is 494 g/mol. The molecule has 3 N–H and O–H groups in total. The molecule has 1 aliphatic rings. The molecule has 39 heavy (non-hydrogen) atoms. The van der Waals surface area contributed by atoms with Crippen molar-refractivity contribution in [2.75, 3.05) is 0 Å². The number of amides is 1. The van der Waals surface area contributed by atoms with Crippen molar-refractivity contribution in [1.29, 1.82) is 0 Å². The Labute approximate surface area is 228 Å². The van der Waals surface area contributed by atoms with Gasteiger partial charge in [0.2, 0.25) is 0 Å². The molecule has 8 nitrogen and oxygen atoms in total. The Morgan fingerprint density at radius 3 is 2.44 bits per heavy atom. The largest absolute Gasteiger partial charge is 0.458 e. The maximum absolute atomic E-state index is 12.8. The molecule has 1 aliphatic carbocycles. The van der Waals surface area contributed by atoms with Crippen LogP contribution < -0.4 is 5.43 Å². The van der Waals surface area contributed by atoms with Crippen LogP contribution in [0.15, 0.2) is 102 Å². The van der Waals surface area contributed by atoms with Gasteiger partial charge in [0.25, 0.3) is 5.91 Å². The molecule has 0 radical (unpaired) electrons. The molecule has 0 unspecified atom stereocenters. The van der Waals surface area contributed by atoms with Crippen molar-refractivity contribution in [1.82, 2.24) is 10.4 Å². The van der Waals surface area contributed by atoms with E-state index in [0.717, 1.165) is 12.0 Å². The van der Waals surface area contributed by atoms with E-state index in [2.05, 4.69) is 15.5 Å². The van der Waals surface area contributed by atoms with Crippen LogP contribution in [0, 0.1) is 11.8 Å². The van der Waals surface area contributed by atoms with E-state index < -0.39 is 24.3 Å². The molecule has 1 aromatic heterocycles. The fourth-order valence-electron chi connectivity index (χ4n) is 4.75. The number of carbonyl (C=O) groups excluding carboxylic acids is 2. The minimum Gasteiger partial charge on any atom is -0.458 e. The minimum absolute atomic E-state index is 0.259. The van der Waals surface area contributed by atoms with Gasteiger partial charge in [0, 0.05) is 36.5 Å². The third-order valence-corrected chi connectivity index (χ3v) is 6.86. The zero-order chi connectivity index (χ0) is 27.5. The Morgan fingerprint density at radius 2 is 1.72 bits per heavy atom. The number of esters is 1. The van der Waals surface area contributed by atoms with Crippen LogP contribution in [0.3, 0.4) is 0 Å². The number of carbonyl (C=O) groups is 2. The number of aliphatic hydroxyl groups is 2. The summed E-state index contributed by atoms with van der Waals surface area (Å²) in [5.74, 6) is -1.50. The minimum atomic E-state index is -0.753. The van der Waals surface area contributed by atoms with Gasteiger partial charge in [0.05, 0.1) is 17.8 Å². The van der Waals surface area contributed by atoms with Gasteiger partial charge < -0.3 is 14.9 Å². The summed E-state index contributed by atoms with van der Waals surface area (Å²) >= 11 is 0. The second-order valence-corrected chi connectivity index (χ2v) is 9.55. The number of aromatic nitrogens is 1. The molecule has 202 valence electrons. The SMILES string of the molecule is O=C(N/N=C/C[C@@H]1[C@@H](/C=C/[C@@H](O)CCc2ccccc2)[C@H](OC(=O)c2ccccc2)C[C@@H]1O)c1ccncc1. The smallest absolute Gasteiger partial charge is 0.338 e. The Hall–Kier alpha value is -4.14. The van der Waals surface area contributed by atoms with Gasteiger partial charge in [-0.25, -0.2) is 10.2 Å². The summed E-state index contributed by atoms with van der Waals surface area (Å²) in [4.78, 5) is 28.9. The number of aryl methyl sites for hydroxylation is 1. The Morgan fingerprint density at radius 1 is 1.03 bits per heavy atom. The normalized spacial score (nSPS) is 21.7. The number of aliphatic hydroxyl groups excluding tert-OH is 2. The maximum Gasteiger partial charge on any atom is 0.338 e. The zero-order valence-corrected chi connectivity index (χ0v) is 21.5. The summed E-state index contributed by atoms with van der Waals surface area (Å²) in [7, 11) is 0. The highest BCUT2D eigenvalue weighted by Gasteiger charge is 2.43. The number of ether oxygens (including phenoxy) is 1. The fourth-order valence-corrected chi connectivity index (χ4v) is 4.75. The highest BCUT2D eigenvalue weighted by molar-refractivity contribution is 5.94. The van der Waals surface area contributed by atoms with Crippen LogP contribution in [-0.4, -0.2) is 51.6 Å². The van der Waals surface area contributed by atoms with Crippen LogP contribution >= 0.6 is 0 Å². The van der Waals surface area contributed by atoms with E-state index in [1.54, 1.807) is 48.7 Å². The molecule has 0 bridgehead atoms. The number of hydrogen-bond acceptors (Lipinski definition) is 7. The Kier molecular flexibility index (Phi) is 10.1. The Balaban J connectivity index is 1.42. The van der Waals surface area contributed by atoms with Gasteiger partial charge in [0.15, 0.2) is 0 Å².